The van der Waals surface area contributed by atoms with E-state index in [9.17, 15) is 0 Å². The maximum atomic E-state index is 6.04. The molecule has 1 aromatic carbocycles. The van der Waals surface area contributed by atoms with E-state index in [2.05, 4.69) is 12.2 Å². The van der Waals surface area contributed by atoms with Crippen LogP contribution in [0.1, 0.15) is 39.0 Å². The zero-order chi connectivity index (χ0) is 13.0. The molecule has 0 radical (unpaired) electrons. The second kappa shape index (κ2) is 6.33. The van der Waals surface area contributed by atoms with E-state index in [1.165, 1.54) is 32.1 Å². The lowest BCUT2D eigenvalue weighted by Gasteiger charge is -2.32. The number of methoxy groups -OCH3 is 1. The van der Waals surface area contributed by atoms with Crippen molar-refractivity contribution in [2.75, 3.05) is 12.4 Å². The summed E-state index contributed by atoms with van der Waals surface area (Å²) in [4.78, 5) is 0. The molecular formula is C15H22ClNO. The van der Waals surface area contributed by atoms with Crippen LogP contribution in [0.4, 0.5) is 5.69 Å². The van der Waals surface area contributed by atoms with Gasteiger partial charge in [0.1, 0.15) is 5.75 Å². The van der Waals surface area contributed by atoms with Crippen LogP contribution in [0, 0.1) is 5.92 Å². The summed E-state index contributed by atoms with van der Waals surface area (Å²) in [5, 5.41) is 4.31. The second-order valence-electron chi connectivity index (χ2n) is 5.05. The Bertz CT molecular complexity index is 394. The van der Waals surface area contributed by atoms with Crippen molar-refractivity contribution in [1.82, 2.24) is 0 Å². The van der Waals surface area contributed by atoms with Crippen molar-refractivity contribution in [1.29, 1.82) is 0 Å². The van der Waals surface area contributed by atoms with Gasteiger partial charge in [-0.15, -0.1) is 0 Å². The summed E-state index contributed by atoms with van der Waals surface area (Å²) in [5.41, 5.74) is 1.11. The topological polar surface area (TPSA) is 21.3 Å². The van der Waals surface area contributed by atoms with E-state index in [-0.39, 0.29) is 0 Å². The van der Waals surface area contributed by atoms with Gasteiger partial charge in [-0.05, 0) is 30.9 Å². The molecule has 3 heteroatoms. The summed E-state index contributed by atoms with van der Waals surface area (Å²) in [7, 11) is 1.65. The first kappa shape index (κ1) is 13.5. The third kappa shape index (κ3) is 3.11. The van der Waals surface area contributed by atoms with Gasteiger partial charge >= 0.3 is 0 Å². The van der Waals surface area contributed by atoms with Crippen LogP contribution in [0.15, 0.2) is 18.2 Å². The van der Waals surface area contributed by atoms with Crippen LogP contribution < -0.4 is 10.1 Å². The molecule has 1 N–H and O–H groups in total. The van der Waals surface area contributed by atoms with Crippen molar-refractivity contribution in [3.05, 3.63) is 23.2 Å². The van der Waals surface area contributed by atoms with Crippen LogP contribution >= 0.6 is 11.6 Å². The number of nitrogens with one attached hydrogen (secondary N) is 1. The molecule has 0 aromatic heterocycles. The van der Waals surface area contributed by atoms with Gasteiger partial charge in [0.15, 0.2) is 0 Å². The third-order valence-electron chi connectivity index (χ3n) is 3.94. The Morgan fingerprint density at radius 3 is 2.83 bits per heavy atom. The molecule has 2 unspecified atom stereocenters. The van der Waals surface area contributed by atoms with Crippen LogP contribution in [0.3, 0.4) is 0 Å². The third-order valence-corrected chi connectivity index (χ3v) is 4.25. The van der Waals surface area contributed by atoms with Crippen molar-refractivity contribution < 1.29 is 4.74 Å². The smallest absolute Gasteiger partial charge is 0.139 e. The molecule has 2 rings (SSSR count). The Morgan fingerprint density at radius 1 is 1.33 bits per heavy atom. The van der Waals surface area contributed by atoms with Crippen molar-refractivity contribution in [3.8, 4) is 5.75 Å². The van der Waals surface area contributed by atoms with Gasteiger partial charge in [-0.25, -0.2) is 0 Å². The molecule has 1 aliphatic carbocycles. The quantitative estimate of drug-likeness (QED) is 0.852. The minimum Gasteiger partial charge on any atom is -0.495 e. The summed E-state index contributed by atoms with van der Waals surface area (Å²) >= 11 is 6.04. The van der Waals surface area contributed by atoms with Gasteiger partial charge in [0.25, 0.3) is 0 Å². The van der Waals surface area contributed by atoms with Gasteiger partial charge in [0.2, 0.25) is 0 Å². The van der Waals surface area contributed by atoms with Crippen molar-refractivity contribution >= 4 is 17.3 Å². The van der Waals surface area contributed by atoms with E-state index in [1.54, 1.807) is 7.11 Å². The minimum atomic E-state index is 0.592. The van der Waals surface area contributed by atoms with Gasteiger partial charge in [-0.1, -0.05) is 37.8 Å². The number of hydrogen-bond acceptors (Lipinski definition) is 2. The lowest BCUT2D eigenvalue weighted by atomic mass is 9.83. The average molecular weight is 268 g/mol. The molecule has 0 aliphatic heterocycles. The number of benzene rings is 1. The zero-order valence-electron chi connectivity index (χ0n) is 11.2. The van der Waals surface area contributed by atoms with Crippen LogP contribution in [0.25, 0.3) is 0 Å². The van der Waals surface area contributed by atoms with Crippen LogP contribution in [0.5, 0.6) is 5.75 Å². The summed E-state index contributed by atoms with van der Waals surface area (Å²) in [5.74, 6) is 1.53. The molecule has 2 nitrogen and oxygen atoms in total. The second-order valence-corrected chi connectivity index (χ2v) is 5.46. The number of anilines is 1. The first-order valence-corrected chi connectivity index (χ1v) is 7.22. The maximum absolute atomic E-state index is 6.04. The van der Waals surface area contributed by atoms with Gasteiger partial charge in [0.05, 0.1) is 12.1 Å². The van der Waals surface area contributed by atoms with Gasteiger partial charge < -0.3 is 10.1 Å². The number of rotatable bonds is 4. The molecule has 1 fully saturated rings. The lowest BCUT2D eigenvalue weighted by Crippen LogP contribution is -2.31. The van der Waals surface area contributed by atoms with E-state index in [4.69, 9.17) is 16.3 Å². The molecule has 0 saturated heterocycles. The predicted octanol–water partition coefficient (Wildman–Crippen LogP) is 4.73. The summed E-state index contributed by atoms with van der Waals surface area (Å²) in [6.45, 7) is 2.28. The van der Waals surface area contributed by atoms with Crippen molar-refractivity contribution in [3.63, 3.8) is 0 Å². The fourth-order valence-corrected chi connectivity index (χ4v) is 3.04. The predicted molar refractivity (Wildman–Crippen MR) is 77.7 cm³/mol. The van der Waals surface area contributed by atoms with Crippen LogP contribution in [-0.4, -0.2) is 13.2 Å². The summed E-state index contributed by atoms with van der Waals surface area (Å²) in [6.07, 6.45) is 6.57. The first-order chi connectivity index (χ1) is 8.74. The fraction of sp³-hybridized carbons (Fsp3) is 0.600. The highest BCUT2D eigenvalue weighted by atomic mass is 35.5. The van der Waals surface area contributed by atoms with E-state index >= 15 is 0 Å². The van der Waals surface area contributed by atoms with E-state index in [1.807, 2.05) is 18.2 Å². The molecule has 0 spiro atoms. The minimum absolute atomic E-state index is 0.592. The van der Waals surface area contributed by atoms with Gasteiger partial charge in [-0.2, -0.15) is 0 Å². The normalized spacial score (nSPS) is 23.7. The standard InChI is InChI=1S/C15H22ClNO/c1-3-11-6-4-5-7-14(11)17-12-8-9-13(16)15(10-12)18-2/h8-11,14,17H,3-7H2,1-2H3. The van der Waals surface area contributed by atoms with Crippen LogP contribution in [0.2, 0.25) is 5.02 Å². The Hall–Kier alpha value is -0.890. The molecule has 0 heterocycles. The highest BCUT2D eigenvalue weighted by molar-refractivity contribution is 6.32. The van der Waals surface area contributed by atoms with Gasteiger partial charge in [-0.3, -0.25) is 0 Å². The fourth-order valence-electron chi connectivity index (χ4n) is 2.85. The number of hydrogen-bond donors (Lipinski definition) is 1. The molecule has 0 bridgehead atoms. The maximum Gasteiger partial charge on any atom is 0.139 e. The number of ether oxygens (including phenoxy) is 1. The Labute approximate surface area is 115 Å². The lowest BCUT2D eigenvalue weighted by molar-refractivity contribution is 0.317. The molecule has 1 aliphatic rings. The Balaban J connectivity index is 2.07. The monoisotopic (exact) mass is 267 g/mol. The highest BCUT2D eigenvalue weighted by Gasteiger charge is 2.23. The Kier molecular flexibility index (Phi) is 4.76. The molecule has 0 amide bonds. The average Bonchev–Trinajstić information content (AvgIpc) is 2.41. The SMILES string of the molecule is CCC1CCCCC1Nc1ccc(Cl)c(OC)c1. The van der Waals surface area contributed by atoms with Gasteiger partial charge in [0, 0.05) is 17.8 Å². The van der Waals surface area contributed by atoms with E-state index in [0.717, 1.165) is 17.4 Å². The summed E-state index contributed by atoms with van der Waals surface area (Å²) < 4.78 is 5.26. The summed E-state index contributed by atoms with van der Waals surface area (Å²) in [6, 6.07) is 6.51. The van der Waals surface area contributed by atoms with Crippen molar-refractivity contribution in [2.24, 2.45) is 5.92 Å². The molecule has 100 valence electrons. The highest BCUT2D eigenvalue weighted by Crippen LogP contribution is 2.32. The Morgan fingerprint density at radius 2 is 2.11 bits per heavy atom. The molecule has 18 heavy (non-hydrogen) atoms. The van der Waals surface area contributed by atoms with E-state index < -0.39 is 0 Å². The molecule has 1 aromatic rings. The van der Waals surface area contributed by atoms with Crippen molar-refractivity contribution in [2.45, 2.75) is 45.1 Å². The molecular weight excluding hydrogens is 246 g/mol. The zero-order valence-corrected chi connectivity index (χ0v) is 12.0. The largest absolute Gasteiger partial charge is 0.495 e. The molecule has 1 saturated carbocycles. The number of halogens is 1. The van der Waals surface area contributed by atoms with E-state index in [0.29, 0.717) is 11.1 Å². The first-order valence-electron chi connectivity index (χ1n) is 6.84. The molecule has 2 atom stereocenters. The van der Waals surface area contributed by atoms with Crippen LogP contribution in [-0.2, 0) is 0 Å².